The number of nitrogens with zero attached hydrogens (tertiary/aromatic N) is 1. The predicted molar refractivity (Wildman–Crippen MR) is 60.6 cm³/mol. The van der Waals surface area contributed by atoms with E-state index in [-0.39, 0.29) is 17.7 Å². The van der Waals surface area contributed by atoms with E-state index in [9.17, 15) is 9.59 Å². The zero-order valence-electron chi connectivity index (χ0n) is 9.35. The smallest absolute Gasteiger partial charge is 0.232 e. The Labute approximate surface area is 95.1 Å². The molecule has 0 radical (unpaired) electrons. The van der Waals surface area contributed by atoms with Gasteiger partial charge in [0.1, 0.15) is 0 Å². The minimum Gasteiger partial charge on any atom is -0.285 e. The molecule has 0 aliphatic carbocycles. The quantitative estimate of drug-likeness (QED) is 0.721. The Morgan fingerprint density at radius 1 is 1.25 bits per heavy atom. The number of rotatable bonds is 3. The van der Waals surface area contributed by atoms with E-state index in [1.807, 2.05) is 30.3 Å². The lowest BCUT2D eigenvalue weighted by Gasteiger charge is -2.08. The summed E-state index contributed by atoms with van der Waals surface area (Å²) in [6.07, 6.45) is 2.00. The Hall–Kier alpha value is -1.64. The van der Waals surface area contributed by atoms with Gasteiger partial charge in [0.05, 0.1) is 0 Å². The molecule has 1 aliphatic rings. The number of imide groups is 1. The lowest BCUT2D eigenvalue weighted by Crippen LogP contribution is -2.25. The van der Waals surface area contributed by atoms with Crippen LogP contribution in [0.2, 0.25) is 0 Å². The van der Waals surface area contributed by atoms with Gasteiger partial charge in [-0.2, -0.15) is 0 Å². The van der Waals surface area contributed by atoms with E-state index < -0.39 is 0 Å². The van der Waals surface area contributed by atoms with Crippen molar-refractivity contribution in [3.63, 3.8) is 0 Å². The van der Waals surface area contributed by atoms with Gasteiger partial charge in [-0.1, -0.05) is 30.3 Å². The lowest BCUT2D eigenvalue weighted by molar-refractivity contribution is -0.137. The summed E-state index contributed by atoms with van der Waals surface area (Å²) in [7, 11) is 1.56. The van der Waals surface area contributed by atoms with Crippen LogP contribution in [0, 0.1) is 5.92 Å². The fourth-order valence-corrected chi connectivity index (χ4v) is 2.04. The highest BCUT2D eigenvalue weighted by Gasteiger charge is 2.35. The van der Waals surface area contributed by atoms with Gasteiger partial charge in [-0.25, -0.2) is 0 Å². The molecule has 2 rings (SSSR count). The minimum absolute atomic E-state index is 0.0269. The van der Waals surface area contributed by atoms with E-state index in [0.717, 1.165) is 12.8 Å². The molecule has 0 saturated carbocycles. The van der Waals surface area contributed by atoms with E-state index in [1.54, 1.807) is 7.05 Å². The topological polar surface area (TPSA) is 37.4 Å². The van der Waals surface area contributed by atoms with E-state index in [2.05, 4.69) is 0 Å². The van der Waals surface area contributed by atoms with Crippen molar-refractivity contribution >= 4 is 11.8 Å². The van der Waals surface area contributed by atoms with Gasteiger partial charge in [-0.15, -0.1) is 0 Å². The van der Waals surface area contributed by atoms with Crippen LogP contribution in [-0.4, -0.2) is 23.8 Å². The van der Waals surface area contributed by atoms with Crippen LogP contribution >= 0.6 is 0 Å². The average Bonchev–Trinajstić information content (AvgIpc) is 2.56. The first kappa shape index (κ1) is 10.9. The molecule has 1 saturated heterocycles. The number of carbonyl (C=O) groups is 2. The summed E-state index contributed by atoms with van der Waals surface area (Å²) in [6, 6.07) is 10.0. The van der Waals surface area contributed by atoms with Crippen molar-refractivity contribution in [1.82, 2.24) is 4.90 Å². The Morgan fingerprint density at radius 3 is 2.50 bits per heavy atom. The van der Waals surface area contributed by atoms with Crippen LogP contribution in [0.3, 0.4) is 0 Å². The monoisotopic (exact) mass is 217 g/mol. The van der Waals surface area contributed by atoms with Gasteiger partial charge in [0.15, 0.2) is 0 Å². The van der Waals surface area contributed by atoms with E-state index in [4.69, 9.17) is 0 Å². The fourth-order valence-electron chi connectivity index (χ4n) is 2.04. The number of carbonyl (C=O) groups excluding carboxylic acids is 2. The van der Waals surface area contributed by atoms with Crippen molar-refractivity contribution in [2.24, 2.45) is 5.92 Å². The Morgan fingerprint density at radius 2 is 1.94 bits per heavy atom. The summed E-state index contributed by atoms with van der Waals surface area (Å²) in [5.41, 5.74) is 1.22. The van der Waals surface area contributed by atoms with E-state index in [1.165, 1.54) is 10.5 Å². The molecule has 0 bridgehead atoms. The first-order valence-electron chi connectivity index (χ1n) is 5.53. The SMILES string of the molecule is CN1C(=O)CC(CCc2ccccc2)C1=O. The highest BCUT2D eigenvalue weighted by Crippen LogP contribution is 2.22. The molecular formula is C13H15NO2. The molecule has 84 valence electrons. The third-order valence-electron chi connectivity index (χ3n) is 3.10. The third-order valence-corrected chi connectivity index (χ3v) is 3.10. The van der Waals surface area contributed by atoms with Crippen LogP contribution < -0.4 is 0 Å². The highest BCUT2D eigenvalue weighted by atomic mass is 16.2. The molecule has 1 aromatic rings. The molecule has 3 heteroatoms. The summed E-state index contributed by atoms with van der Waals surface area (Å²) in [6.45, 7) is 0. The van der Waals surface area contributed by atoms with E-state index >= 15 is 0 Å². The molecule has 0 N–H and O–H groups in total. The summed E-state index contributed by atoms with van der Waals surface area (Å²) in [5.74, 6) is -0.193. The van der Waals surface area contributed by atoms with Crippen LogP contribution in [0.4, 0.5) is 0 Å². The van der Waals surface area contributed by atoms with Crippen molar-refractivity contribution in [2.75, 3.05) is 7.05 Å². The molecule has 1 fully saturated rings. The Bertz CT molecular complexity index is 400. The van der Waals surface area contributed by atoms with Crippen LogP contribution in [0.1, 0.15) is 18.4 Å². The molecule has 1 unspecified atom stereocenters. The largest absolute Gasteiger partial charge is 0.285 e. The van der Waals surface area contributed by atoms with Crippen molar-refractivity contribution < 1.29 is 9.59 Å². The first-order chi connectivity index (χ1) is 7.68. The number of hydrogen-bond donors (Lipinski definition) is 0. The molecule has 1 heterocycles. The second-order valence-corrected chi connectivity index (χ2v) is 4.22. The standard InChI is InChI=1S/C13H15NO2/c1-14-12(15)9-11(13(14)16)8-7-10-5-3-2-4-6-10/h2-6,11H,7-9H2,1H3. The second-order valence-electron chi connectivity index (χ2n) is 4.22. The van der Waals surface area contributed by atoms with Gasteiger partial charge < -0.3 is 0 Å². The summed E-state index contributed by atoms with van der Waals surface area (Å²) in [5, 5.41) is 0. The maximum absolute atomic E-state index is 11.6. The van der Waals surface area contributed by atoms with Crippen LogP contribution in [0.25, 0.3) is 0 Å². The maximum atomic E-state index is 11.6. The number of amides is 2. The highest BCUT2D eigenvalue weighted by molar-refractivity contribution is 6.03. The minimum atomic E-state index is -0.113. The van der Waals surface area contributed by atoms with E-state index in [0.29, 0.717) is 6.42 Å². The molecule has 1 aliphatic heterocycles. The zero-order valence-corrected chi connectivity index (χ0v) is 9.35. The zero-order chi connectivity index (χ0) is 11.5. The number of aryl methyl sites for hydroxylation is 1. The first-order valence-corrected chi connectivity index (χ1v) is 5.53. The Kier molecular flexibility index (Phi) is 3.04. The van der Waals surface area contributed by atoms with Gasteiger partial charge in [0, 0.05) is 19.4 Å². The predicted octanol–water partition coefficient (Wildman–Crippen LogP) is 1.62. The molecule has 1 aromatic carbocycles. The fraction of sp³-hybridized carbons (Fsp3) is 0.385. The van der Waals surface area contributed by atoms with Crippen LogP contribution in [0.15, 0.2) is 30.3 Å². The van der Waals surface area contributed by atoms with Gasteiger partial charge >= 0.3 is 0 Å². The Balaban J connectivity index is 1.92. The van der Waals surface area contributed by atoms with Gasteiger partial charge in [-0.05, 0) is 18.4 Å². The summed E-state index contributed by atoms with van der Waals surface area (Å²) >= 11 is 0. The average molecular weight is 217 g/mol. The van der Waals surface area contributed by atoms with Gasteiger partial charge in [-0.3, -0.25) is 14.5 Å². The molecule has 16 heavy (non-hydrogen) atoms. The lowest BCUT2D eigenvalue weighted by atomic mass is 9.98. The maximum Gasteiger partial charge on any atom is 0.232 e. The van der Waals surface area contributed by atoms with Gasteiger partial charge in [0.25, 0.3) is 0 Å². The van der Waals surface area contributed by atoms with Crippen molar-refractivity contribution in [3.8, 4) is 0 Å². The summed E-state index contributed by atoms with van der Waals surface area (Å²) in [4.78, 5) is 24.2. The third kappa shape index (κ3) is 2.13. The van der Waals surface area contributed by atoms with Crippen LogP contribution in [0.5, 0.6) is 0 Å². The molecule has 3 nitrogen and oxygen atoms in total. The molecule has 1 atom stereocenters. The van der Waals surface area contributed by atoms with Crippen molar-refractivity contribution in [3.05, 3.63) is 35.9 Å². The van der Waals surface area contributed by atoms with Crippen LogP contribution in [-0.2, 0) is 16.0 Å². The molecule has 0 aromatic heterocycles. The van der Waals surface area contributed by atoms with Crippen molar-refractivity contribution in [1.29, 1.82) is 0 Å². The normalized spacial score (nSPS) is 20.6. The molecule has 0 spiro atoms. The van der Waals surface area contributed by atoms with Crippen molar-refractivity contribution in [2.45, 2.75) is 19.3 Å². The number of benzene rings is 1. The second kappa shape index (κ2) is 4.47. The van der Waals surface area contributed by atoms with Gasteiger partial charge in [0.2, 0.25) is 11.8 Å². The molecular weight excluding hydrogens is 202 g/mol. The molecule has 2 amide bonds. The number of likely N-dealkylation sites (tertiary alicyclic amines) is 1. The summed E-state index contributed by atoms with van der Waals surface area (Å²) < 4.78 is 0. The number of hydrogen-bond acceptors (Lipinski definition) is 2.